The molecule has 3 aromatic rings. The van der Waals surface area contributed by atoms with E-state index in [9.17, 15) is 23.5 Å². The van der Waals surface area contributed by atoms with Gasteiger partial charge in [0.2, 0.25) is 0 Å². The number of unbranched alkanes of at least 4 members (excludes halogenated alkanes) is 4. The van der Waals surface area contributed by atoms with Gasteiger partial charge in [0, 0.05) is 31.1 Å². The first kappa shape index (κ1) is 31.4. The van der Waals surface area contributed by atoms with E-state index >= 15 is 0 Å². The Morgan fingerprint density at radius 3 is 2.39 bits per heavy atom. The van der Waals surface area contributed by atoms with Crippen LogP contribution < -0.4 is 14.2 Å². The summed E-state index contributed by atoms with van der Waals surface area (Å²) in [6.07, 6.45) is 5.47. The van der Waals surface area contributed by atoms with Crippen LogP contribution in [0.4, 0.5) is 8.78 Å². The molecule has 0 spiro atoms. The van der Waals surface area contributed by atoms with Crippen LogP contribution in [0.3, 0.4) is 0 Å². The zero-order valence-corrected chi connectivity index (χ0v) is 23.5. The first-order valence-corrected chi connectivity index (χ1v) is 13.8. The summed E-state index contributed by atoms with van der Waals surface area (Å²) in [6.45, 7) is 2.55. The molecule has 41 heavy (non-hydrogen) atoms. The third-order valence-corrected chi connectivity index (χ3v) is 6.61. The number of carbonyl (C=O) groups excluding carboxylic acids is 1. The average molecular weight is 570 g/mol. The van der Waals surface area contributed by atoms with Crippen molar-refractivity contribution in [2.75, 3.05) is 26.9 Å². The number of aromatic carboxylic acids is 1. The van der Waals surface area contributed by atoms with Crippen molar-refractivity contribution in [2.45, 2.75) is 52.0 Å². The van der Waals surface area contributed by atoms with Gasteiger partial charge in [0.05, 0.1) is 13.7 Å². The van der Waals surface area contributed by atoms with Crippen LogP contribution in [0.5, 0.6) is 17.2 Å². The second-order valence-electron chi connectivity index (χ2n) is 9.64. The average Bonchev–Trinajstić information content (AvgIpc) is 2.96. The van der Waals surface area contributed by atoms with Gasteiger partial charge in [0.15, 0.2) is 18.1 Å². The van der Waals surface area contributed by atoms with E-state index in [0.29, 0.717) is 30.2 Å². The third-order valence-electron chi connectivity index (χ3n) is 6.61. The third kappa shape index (κ3) is 9.77. The van der Waals surface area contributed by atoms with Crippen LogP contribution in [0.15, 0.2) is 60.7 Å². The van der Waals surface area contributed by atoms with Crippen molar-refractivity contribution >= 4 is 11.9 Å². The summed E-state index contributed by atoms with van der Waals surface area (Å²) in [5.41, 5.74) is 1.20. The van der Waals surface area contributed by atoms with Crippen molar-refractivity contribution in [1.82, 2.24) is 4.90 Å². The lowest BCUT2D eigenvalue weighted by atomic mass is 10.1. The number of carbonyl (C=O) groups is 2. The van der Waals surface area contributed by atoms with E-state index in [1.165, 1.54) is 30.2 Å². The fourth-order valence-corrected chi connectivity index (χ4v) is 4.32. The van der Waals surface area contributed by atoms with E-state index in [-0.39, 0.29) is 36.8 Å². The van der Waals surface area contributed by atoms with E-state index in [1.807, 2.05) is 6.07 Å². The Hall–Kier alpha value is -4.14. The number of para-hydroxylation sites is 1. The highest BCUT2D eigenvalue weighted by Gasteiger charge is 2.18. The maximum atomic E-state index is 14.3. The Morgan fingerprint density at radius 1 is 0.878 bits per heavy atom. The van der Waals surface area contributed by atoms with Crippen molar-refractivity contribution in [3.05, 3.63) is 89.0 Å². The van der Waals surface area contributed by atoms with Crippen LogP contribution in [0.25, 0.3) is 0 Å². The van der Waals surface area contributed by atoms with Gasteiger partial charge in [-0.3, -0.25) is 4.79 Å². The van der Waals surface area contributed by atoms with Crippen molar-refractivity contribution in [3.63, 3.8) is 0 Å². The summed E-state index contributed by atoms with van der Waals surface area (Å²) >= 11 is 0. The molecule has 0 radical (unpaired) electrons. The maximum Gasteiger partial charge on any atom is 0.339 e. The smallest absolute Gasteiger partial charge is 0.339 e. The Balaban J connectivity index is 1.61. The number of hydrogen-bond donors (Lipinski definition) is 1. The highest BCUT2D eigenvalue weighted by molar-refractivity contribution is 5.90. The number of nitrogens with zero attached hydrogens (tertiary/aromatic N) is 1. The monoisotopic (exact) mass is 569 g/mol. The van der Waals surface area contributed by atoms with Gasteiger partial charge in [0.25, 0.3) is 5.91 Å². The molecular weight excluding hydrogens is 532 g/mol. The van der Waals surface area contributed by atoms with Crippen LogP contribution >= 0.6 is 0 Å². The van der Waals surface area contributed by atoms with E-state index in [2.05, 4.69) is 6.92 Å². The Morgan fingerprint density at radius 2 is 1.66 bits per heavy atom. The lowest BCUT2D eigenvalue weighted by Gasteiger charge is -2.23. The lowest BCUT2D eigenvalue weighted by molar-refractivity contribution is -0.134. The molecule has 3 aromatic carbocycles. The molecule has 0 aliphatic carbocycles. The molecule has 0 aliphatic rings. The summed E-state index contributed by atoms with van der Waals surface area (Å²) in [5.74, 6) is -1.64. The molecule has 9 heteroatoms. The summed E-state index contributed by atoms with van der Waals surface area (Å²) in [7, 11) is 1.49. The molecule has 3 rings (SSSR count). The van der Waals surface area contributed by atoms with Gasteiger partial charge in [-0.25, -0.2) is 13.6 Å². The molecule has 220 valence electrons. The standard InChI is InChI=1S/C32H37F2NO6/c1-3-4-5-6-9-17-35(21-24-13-14-25(33)20-27(24)34)31(36)22-41-29-15-12-23(19-30(29)39-2)16-18-40-28-11-8-7-10-26(28)32(37)38/h7-8,10-15,19-20H,3-6,9,16-18,21-22H2,1-2H3,(H,37,38). The number of ether oxygens (including phenoxy) is 3. The Labute approximate surface area is 239 Å². The minimum atomic E-state index is -1.06. The molecule has 0 bridgehead atoms. The molecule has 1 N–H and O–H groups in total. The quantitative estimate of drug-likeness (QED) is 0.183. The van der Waals surface area contributed by atoms with E-state index in [1.54, 1.807) is 30.3 Å². The molecule has 0 aliphatic heterocycles. The van der Waals surface area contributed by atoms with Crippen molar-refractivity contribution in [3.8, 4) is 17.2 Å². The number of benzene rings is 3. The second-order valence-corrected chi connectivity index (χ2v) is 9.64. The molecule has 1 amide bonds. The first-order valence-electron chi connectivity index (χ1n) is 13.8. The normalized spacial score (nSPS) is 10.7. The topological polar surface area (TPSA) is 85.3 Å². The molecule has 0 saturated heterocycles. The SMILES string of the molecule is CCCCCCCN(Cc1ccc(F)cc1F)C(=O)COc1ccc(CCOc2ccccc2C(=O)O)cc1OC. The maximum absolute atomic E-state index is 14.3. The number of hydrogen-bond acceptors (Lipinski definition) is 5. The van der Waals surface area contributed by atoms with Gasteiger partial charge < -0.3 is 24.2 Å². The summed E-state index contributed by atoms with van der Waals surface area (Å²) in [5, 5.41) is 9.31. The zero-order valence-electron chi connectivity index (χ0n) is 23.5. The Kier molecular flexibility index (Phi) is 12.4. The fourth-order valence-electron chi connectivity index (χ4n) is 4.32. The van der Waals surface area contributed by atoms with Gasteiger partial charge in [0.1, 0.15) is 22.9 Å². The lowest BCUT2D eigenvalue weighted by Crippen LogP contribution is -2.35. The molecule has 7 nitrogen and oxygen atoms in total. The van der Waals surface area contributed by atoms with Crippen LogP contribution in [-0.2, 0) is 17.8 Å². The van der Waals surface area contributed by atoms with Gasteiger partial charge in [-0.2, -0.15) is 0 Å². The predicted octanol–water partition coefficient (Wildman–Crippen LogP) is 6.67. The first-order chi connectivity index (χ1) is 19.8. The van der Waals surface area contributed by atoms with E-state index < -0.39 is 17.6 Å². The van der Waals surface area contributed by atoms with Gasteiger partial charge in [-0.15, -0.1) is 0 Å². The van der Waals surface area contributed by atoms with Crippen molar-refractivity contribution < 1.29 is 37.7 Å². The molecule has 0 heterocycles. The molecular formula is C32H37F2NO6. The molecule has 0 aromatic heterocycles. The van der Waals surface area contributed by atoms with Crippen molar-refractivity contribution in [2.24, 2.45) is 0 Å². The van der Waals surface area contributed by atoms with Gasteiger partial charge >= 0.3 is 5.97 Å². The number of amides is 1. The largest absolute Gasteiger partial charge is 0.493 e. The highest BCUT2D eigenvalue weighted by atomic mass is 19.1. The predicted molar refractivity (Wildman–Crippen MR) is 152 cm³/mol. The molecule has 0 unspecified atom stereocenters. The molecule has 0 saturated carbocycles. The number of methoxy groups -OCH3 is 1. The van der Waals surface area contributed by atoms with E-state index in [4.69, 9.17) is 14.2 Å². The summed E-state index contributed by atoms with van der Waals surface area (Å²) in [6, 6.07) is 15.1. The summed E-state index contributed by atoms with van der Waals surface area (Å²) < 4.78 is 44.7. The van der Waals surface area contributed by atoms with Gasteiger partial charge in [-0.1, -0.05) is 56.9 Å². The van der Waals surface area contributed by atoms with Crippen LogP contribution in [0, 0.1) is 11.6 Å². The fraction of sp³-hybridized carbons (Fsp3) is 0.375. The Bertz CT molecular complexity index is 1300. The van der Waals surface area contributed by atoms with Crippen LogP contribution in [0.1, 0.15) is 60.5 Å². The number of halogens is 2. The number of rotatable bonds is 17. The molecule has 0 atom stereocenters. The van der Waals surface area contributed by atoms with Gasteiger partial charge in [-0.05, 0) is 42.3 Å². The van der Waals surface area contributed by atoms with Crippen molar-refractivity contribution in [1.29, 1.82) is 0 Å². The zero-order chi connectivity index (χ0) is 29.6. The number of carboxylic acid groups (broad SMARTS) is 1. The molecule has 0 fully saturated rings. The van der Waals surface area contributed by atoms with E-state index in [0.717, 1.165) is 43.7 Å². The highest BCUT2D eigenvalue weighted by Crippen LogP contribution is 2.29. The number of carboxylic acids is 1. The summed E-state index contributed by atoms with van der Waals surface area (Å²) in [4.78, 5) is 26.0. The minimum absolute atomic E-state index is 0.0170. The van der Waals surface area contributed by atoms with Crippen LogP contribution in [-0.4, -0.2) is 48.8 Å². The van der Waals surface area contributed by atoms with Crippen LogP contribution in [0.2, 0.25) is 0 Å². The second kappa shape index (κ2) is 16.2. The minimum Gasteiger partial charge on any atom is -0.493 e.